The number of hydrogen-bond donors (Lipinski definition) is 2. The van der Waals surface area contributed by atoms with E-state index in [0.29, 0.717) is 0 Å². The van der Waals surface area contributed by atoms with Gasteiger partial charge in [0, 0.05) is 12.3 Å². The van der Waals surface area contributed by atoms with Crippen molar-refractivity contribution in [3.8, 4) is 6.07 Å². The van der Waals surface area contributed by atoms with Crippen LogP contribution in [0.2, 0.25) is 0 Å². The number of hydrogen-bond acceptors (Lipinski definition) is 3. The Morgan fingerprint density at radius 3 is 2.75 bits per heavy atom. The van der Waals surface area contributed by atoms with Crippen LogP contribution in [0.1, 0.15) is 16.1 Å². The molecule has 0 spiro atoms. The maximum Gasteiger partial charge on any atom is 0.353 e. The molecule has 0 aliphatic carbocycles. The SMILES string of the molecule is N#Cc1c(C(=O)O)[nH]ccc1=O. The number of rotatable bonds is 1. The van der Waals surface area contributed by atoms with Crippen LogP contribution in [0.3, 0.4) is 0 Å². The molecule has 0 saturated heterocycles. The Labute approximate surface area is 66.9 Å². The van der Waals surface area contributed by atoms with Crippen molar-refractivity contribution < 1.29 is 9.90 Å². The topological polar surface area (TPSA) is 93.9 Å². The molecule has 1 aromatic heterocycles. The van der Waals surface area contributed by atoms with Gasteiger partial charge in [-0.15, -0.1) is 0 Å². The second-order valence-electron chi connectivity index (χ2n) is 2.01. The van der Waals surface area contributed by atoms with E-state index >= 15 is 0 Å². The molecule has 0 radical (unpaired) electrons. The van der Waals surface area contributed by atoms with Crippen molar-refractivity contribution in [3.05, 3.63) is 33.7 Å². The Morgan fingerprint density at radius 1 is 1.67 bits per heavy atom. The Hall–Kier alpha value is -2.09. The van der Waals surface area contributed by atoms with Crippen LogP contribution >= 0.6 is 0 Å². The van der Waals surface area contributed by atoms with E-state index in [1.807, 2.05) is 0 Å². The van der Waals surface area contributed by atoms with Gasteiger partial charge in [0.05, 0.1) is 0 Å². The van der Waals surface area contributed by atoms with E-state index in [4.69, 9.17) is 10.4 Å². The predicted octanol–water partition coefficient (Wildman–Crippen LogP) is -0.0552. The molecule has 0 amide bonds. The first kappa shape index (κ1) is 8.01. The third-order valence-corrected chi connectivity index (χ3v) is 1.28. The van der Waals surface area contributed by atoms with Gasteiger partial charge in [-0.1, -0.05) is 0 Å². The highest BCUT2D eigenvalue weighted by molar-refractivity contribution is 5.88. The van der Waals surface area contributed by atoms with Crippen LogP contribution in [0.15, 0.2) is 17.1 Å². The van der Waals surface area contributed by atoms with Crippen LogP contribution in [0.5, 0.6) is 0 Å². The number of pyridine rings is 1. The zero-order valence-electron chi connectivity index (χ0n) is 5.87. The van der Waals surface area contributed by atoms with Gasteiger partial charge in [0.15, 0.2) is 5.43 Å². The van der Waals surface area contributed by atoms with Gasteiger partial charge in [-0.25, -0.2) is 4.79 Å². The minimum Gasteiger partial charge on any atom is -0.477 e. The molecule has 1 aromatic rings. The van der Waals surface area contributed by atoms with E-state index in [1.54, 1.807) is 0 Å². The van der Waals surface area contributed by atoms with Crippen molar-refractivity contribution in [2.75, 3.05) is 0 Å². The number of H-pyrrole nitrogens is 1. The lowest BCUT2D eigenvalue weighted by Gasteiger charge is -1.94. The van der Waals surface area contributed by atoms with Gasteiger partial charge in [0.25, 0.3) is 0 Å². The maximum absolute atomic E-state index is 10.9. The lowest BCUT2D eigenvalue weighted by molar-refractivity contribution is 0.0690. The van der Waals surface area contributed by atoms with E-state index in [2.05, 4.69) is 4.98 Å². The van der Waals surface area contributed by atoms with Gasteiger partial charge in [-0.2, -0.15) is 5.26 Å². The summed E-state index contributed by atoms with van der Waals surface area (Å²) in [4.78, 5) is 23.6. The summed E-state index contributed by atoms with van der Waals surface area (Å²) in [7, 11) is 0. The number of carbonyl (C=O) groups is 1. The molecule has 0 aromatic carbocycles. The van der Waals surface area contributed by atoms with Crippen LogP contribution < -0.4 is 5.43 Å². The highest BCUT2D eigenvalue weighted by Gasteiger charge is 2.11. The molecule has 12 heavy (non-hydrogen) atoms. The molecule has 0 atom stereocenters. The van der Waals surface area contributed by atoms with Gasteiger partial charge >= 0.3 is 5.97 Å². The summed E-state index contributed by atoms with van der Waals surface area (Å²) in [6.07, 6.45) is 1.19. The van der Waals surface area contributed by atoms with Gasteiger partial charge < -0.3 is 10.1 Å². The number of nitriles is 1. The van der Waals surface area contributed by atoms with Gasteiger partial charge in [-0.05, 0) is 0 Å². The summed E-state index contributed by atoms with van der Waals surface area (Å²) in [5, 5.41) is 16.9. The number of nitrogens with zero attached hydrogens (tertiary/aromatic N) is 1. The first-order chi connectivity index (χ1) is 5.66. The molecule has 0 fully saturated rings. The normalized spacial score (nSPS) is 8.92. The third-order valence-electron chi connectivity index (χ3n) is 1.28. The number of aromatic amines is 1. The average molecular weight is 164 g/mol. The number of aromatic nitrogens is 1. The Kier molecular flexibility index (Phi) is 1.92. The third kappa shape index (κ3) is 1.18. The average Bonchev–Trinajstić information content (AvgIpc) is 2.03. The standard InChI is InChI=1S/C7H4N2O3/c8-3-4-5(10)1-2-9-6(4)7(11)12/h1-2H,(H,9,10)(H,11,12). The molecule has 0 aliphatic rings. The largest absolute Gasteiger partial charge is 0.477 e. The molecule has 0 unspecified atom stereocenters. The van der Waals surface area contributed by atoms with Crippen molar-refractivity contribution >= 4 is 5.97 Å². The molecule has 0 saturated carbocycles. The molecular formula is C7H4N2O3. The zero-order valence-corrected chi connectivity index (χ0v) is 5.87. The molecule has 0 aliphatic heterocycles. The molecule has 0 bridgehead atoms. The van der Waals surface area contributed by atoms with E-state index in [-0.39, 0.29) is 11.3 Å². The molecule has 1 rings (SSSR count). The second kappa shape index (κ2) is 2.88. The monoisotopic (exact) mass is 164 g/mol. The number of aromatic carboxylic acids is 1. The Morgan fingerprint density at radius 2 is 2.33 bits per heavy atom. The molecule has 1 heterocycles. The number of carboxylic acids is 1. The molecule has 5 heteroatoms. The van der Waals surface area contributed by atoms with Crippen LogP contribution in [0.25, 0.3) is 0 Å². The minimum atomic E-state index is -1.32. The van der Waals surface area contributed by atoms with Crippen molar-refractivity contribution in [3.63, 3.8) is 0 Å². The predicted molar refractivity (Wildman–Crippen MR) is 38.7 cm³/mol. The summed E-state index contributed by atoms with van der Waals surface area (Å²) in [6.45, 7) is 0. The summed E-state index contributed by atoms with van der Waals surface area (Å²) >= 11 is 0. The molecular weight excluding hydrogens is 160 g/mol. The van der Waals surface area contributed by atoms with E-state index in [1.165, 1.54) is 12.3 Å². The number of carboxylic acid groups (broad SMARTS) is 1. The Balaban J connectivity index is 3.51. The van der Waals surface area contributed by atoms with Gasteiger partial charge in [0.2, 0.25) is 0 Å². The van der Waals surface area contributed by atoms with E-state index < -0.39 is 11.4 Å². The first-order valence-electron chi connectivity index (χ1n) is 3.02. The zero-order chi connectivity index (χ0) is 9.14. The van der Waals surface area contributed by atoms with Crippen molar-refractivity contribution in [2.24, 2.45) is 0 Å². The fraction of sp³-hybridized carbons (Fsp3) is 0. The van der Waals surface area contributed by atoms with Crippen LogP contribution in [0.4, 0.5) is 0 Å². The van der Waals surface area contributed by atoms with Crippen molar-refractivity contribution in [1.82, 2.24) is 4.98 Å². The number of nitrogens with one attached hydrogen (secondary N) is 1. The van der Waals surface area contributed by atoms with Crippen molar-refractivity contribution in [1.29, 1.82) is 5.26 Å². The maximum atomic E-state index is 10.9. The fourth-order valence-electron chi connectivity index (χ4n) is 0.759. The highest BCUT2D eigenvalue weighted by atomic mass is 16.4. The Bertz CT molecular complexity index is 413. The van der Waals surface area contributed by atoms with Crippen molar-refractivity contribution in [2.45, 2.75) is 0 Å². The quantitative estimate of drug-likeness (QED) is 0.608. The molecule has 2 N–H and O–H groups in total. The smallest absolute Gasteiger partial charge is 0.353 e. The van der Waals surface area contributed by atoms with Gasteiger partial charge in [-0.3, -0.25) is 4.79 Å². The van der Waals surface area contributed by atoms with Gasteiger partial charge in [0.1, 0.15) is 17.3 Å². The highest BCUT2D eigenvalue weighted by Crippen LogP contribution is 1.96. The van der Waals surface area contributed by atoms with Crippen LogP contribution in [0, 0.1) is 11.3 Å². The summed E-state index contributed by atoms with van der Waals surface area (Å²) < 4.78 is 0. The first-order valence-corrected chi connectivity index (χ1v) is 3.02. The van der Waals surface area contributed by atoms with Crippen LogP contribution in [-0.2, 0) is 0 Å². The molecule has 5 nitrogen and oxygen atoms in total. The van der Waals surface area contributed by atoms with E-state index in [0.717, 1.165) is 6.07 Å². The lowest BCUT2D eigenvalue weighted by atomic mass is 10.2. The van der Waals surface area contributed by atoms with Crippen LogP contribution in [-0.4, -0.2) is 16.1 Å². The minimum absolute atomic E-state index is 0.370. The molecule has 60 valence electrons. The van der Waals surface area contributed by atoms with E-state index in [9.17, 15) is 9.59 Å². The lowest BCUT2D eigenvalue weighted by Crippen LogP contribution is -2.13. The summed E-state index contributed by atoms with van der Waals surface area (Å²) in [5.41, 5.74) is -1.33. The fourth-order valence-corrected chi connectivity index (χ4v) is 0.759. The summed E-state index contributed by atoms with van der Waals surface area (Å²) in [5.74, 6) is -1.32. The summed E-state index contributed by atoms with van der Waals surface area (Å²) in [6, 6.07) is 2.62. The second-order valence-corrected chi connectivity index (χ2v) is 2.01.